The van der Waals surface area contributed by atoms with Crippen LogP contribution < -0.4 is 24.4 Å². The predicted molar refractivity (Wildman–Crippen MR) is 118 cm³/mol. The molecule has 0 fully saturated rings. The molecule has 1 aromatic heterocycles. The van der Waals surface area contributed by atoms with Crippen molar-refractivity contribution in [1.29, 1.82) is 0 Å². The van der Waals surface area contributed by atoms with Crippen LogP contribution in [0.5, 0.6) is 17.2 Å². The minimum absolute atomic E-state index is 0.127. The lowest BCUT2D eigenvalue weighted by atomic mass is 10.1. The van der Waals surface area contributed by atoms with E-state index >= 15 is 0 Å². The van der Waals surface area contributed by atoms with E-state index < -0.39 is 0 Å². The van der Waals surface area contributed by atoms with Crippen molar-refractivity contribution < 1.29 is 23.8 Å². The number of aryl methyl sites for hydroxylation is 1. The fourth-order valence-corrected chi connectivity index (χ4v) is 3.90. The lowest BCUT2D eigenvalue weighted by Crippen LogP contribution is -2.43. The second kappa shape index (κ2) is 8.65. The Morgan fingerprint density at radius 3 is 2.77 bits per heavy atom. The van der Waals surface area contributed by atoms with E-state index in [1.807, 2.05) is 24.4 Å². The van der Waals surface area contributed by atoms with Crippen LogP contribution in [-0.4, -0.2) is 44.2 Å². The van der Waals surface area contributed by atoms with Gasteiger partial charge in [-0.05, 0) is 37.3 Å². The zero-order valence-corrected chi connectivity index (χ0v) is 18.1. The molecule has 160 valence electrons. The van der Waals surface area contributed by atoms with Crippen LogP contribution in [0, 0.1) is 6.92 Å². The molecule has 0 atom stereocenters. The molecule has 4 rings (SSSR count). The van der Waals surface area contributed by atoms with Crippen molar-refractivity contribution in [1.82, 2.24) is 4.98 Å². The number of benzene rings is 2. The maximum Gasteiger partial charge on any atom is 0.265 e. The summed E-state index contributed by atoms with van der Waals surface area (Å²) in [5, 5.41) is 5.70. The van der Waals surface area contributed by atoms with Crippen molar-refractivity contribution in [3.8, 4) is 28.5 Å². The average molecular weight is 439 g/mol. The number of carbonyl (C=O) groups is 2. The molecule has 1 N–H and O–H groups in total. The Bertz CT molecular complexity index is 1140. The lowest BCUT2D eigenvalue weighted by molar-refractivity contribution is -0.123. The van der Waals surface area contributed by atoms with E-state index in [4.69, 9.17) is 14.2 Å². The van der Waals surface area contributed by atoms with Gasteiger partial charge in [0, 0.05) is 17.0 Å². The molecule has 1 aliphatic heterocycles. The van der Waals surface area contributed by atoms with Crippen molar-refractivity contribution in [3.63, 3.8) is 0 Å². The quantitative estimate of drug-likeness (QED) is 0.632. The van der Waals surface area contributed by atoms with Crippen LogP contribution >= 0.6 is 11.3 Å². The Labute approximate surface area is 183 Å². The number of amides is 2. The zero-order chi connectivity index (χ0) is 22.0. The largest absolute Gasteiger partial charge is 0.497 e. The summed E-state index contributed by atoms with van der Waals surface area (Å²) in [6, 6.07) is 10.6. The predicted octanol–water partition coefficient (Wildman–Crippen LogP) is 3.50. The van der Waals surface area contributed by atoms with Gasteiger partial charge in [-0.2, -0.15) is 0 Å². The Hall–Kier alpha value is -3.59. The lowest BCUT2D eigenvalue weighted by Gasteiger charge is -2.29. The van der Waals surface area contributed by atoms with Gasteiger partial charge in [0.2, 0.25) is 5.91 Å². The molecule has 0 spiro atoms. The smallest absolute Gasteiger partial charge is 0.265 e. The van der Waals surface area contributed by atoms with E-state index in [0.29, 0.717) is 28.6 Å². The SMILES string of the molecule is COc1ccc(OC)c(NC(=O)CN2C(=O)COc3ccc(-c4csc(C)n4)cc32)c1. The molecule has 0 unspecified atom stereocenters. The average Bonchev–Trinajstić information content (AvgIpc) is 3.21. The van der Waals surface area contributed by atoms with Crippen LogP contribution in [0.2, 0.25) is 0 Å². The van der Waals surface area contributed by atoms with E-state index in [1.165, 1.54) is 19.1 Å². The molecule has 9 heteroatoms. The second-order valence-electron chi connectivity index (χ2n) is 6.82. The molecule has 0 saturated carbocycles. The highest BCUT2D eigenvalue weighted by Crippen LogP contribution is 2.36. The Morgan fingerprint density at radius 1 is 1.23 bits per heavy atom. The number of thiazole rings is 1. The van der Waals surface area contributed by atoms with Crippen LogP contribution in [0.25, 0.3) is 11.3 Å². The van der Waals surface area contributed by atoms with Crippen LogP contribution in [0.3, 0.4) is 0 Å². The first-order chi connectivity index (χ1) is 15.0. The van der Waals surface area contributed by atoms with E-state index in [-0.39, 0.29) is 25.0 Å². The Kier molecular flexibility index (Phi) is 5.77. The number of ether oxygens (including phenoxy) is 3. The Morgan fingerprint density at radius 2 is 2.06 bits per heavy atom. The summed E-state index contributed by atoms with van der Waals surface area (Å²) < 4.78 is 16.1. The molecule has 8 nitrogen and oxygen atoms in total. The summed E-state index contributed by atoms with van der Waals surface area (Å²) in [5.41, 5.74) is 2.65. The van der Waals surface area contributed by atoms with E-state index in [2.05, 4.69) is 10.3 Å². The number of carbonyl (C=O) groups excluding carboxylic acids is 2. The minimum atomic E-state index is -0.373. The first-order valence-corrected chi connectivity index (χ1v) is 10.4. The highest BCUT2D eigenvalue weighted by molar-refractivity contribution is 7.09. The number of nitrogens with zero attached hydrogens (tertiary/aromatic N) is 2. The van der Waals surface area contributed by atoms with Gasteiger partial charge in [-0.15, -0.1) is 11.3 Å². The number of rotatable bonds is 6. The number of hydrogen-bond donors (Lipinski definition) is 1. The van der Waals surface area contributed by atoms with Crippen molar-refractivity contribution in [2.75, 3.05) is 37.6 Å². The third-order valence-corrected chi connectivity index (χ3v) is 5.57. The molecule has 1 aliphatic rings. The van der Waals surface area contributed by atoms with Gasteiger partial charge < -0.3 is 19.5 Å². The molecule has 31 heavy (non-hydrogen) atoms. The molecule has 2 aromatic carbocycles. The number of aromatic nitrogens is 1. The minimum Gasteiger partial charge on any atom is -0.497 e. The summed E-state index contributed by atoms with van der Waals surface area (Å²) in [4.78, 5) is 31.3. The van der Waals surface area contributed by atoms with Gasteiger partial charge in [0.1, 0.15) is 23.8 Å². The summed E-state index contributed by atoms with van der Waals surface area (Å²) in [5.74, 6) is 0.938. The van der Waals surface area contributed by atoms with Crippen molar-refractivity contribution >= 4 is 34.5 Å². The van der Waals surface area contributed by atoms with Crippen molar-refractivity contribution in [2.24, 2.45) is 0 Å². The summed E-state index contributed by atoms with van der Waals surface area (Å²) in [6.07, 6.45) is 0. The van der Waals surface area contributed by atoms with Gasteiger partial charge in [0.05, 0.1) is 36.3 Å². The van der Waals surface area contributed by atoms with Gasteiger partial charge in [-0.3, -0.25) is 14.5 Å². The summed E-state index contributed by atoms with van der Waals surface area (Å²) in [6.45, 7) is 1.63. The zero-order valence-electron chi connectivity index (χ0n) is 17.3. The molecule has 2 heterocycles. The van der Waals surface area contributed by atoms with Crippen molar-refractivity contribution in [2.45, 2.75) is 6.92 Å². The molecule has 0 bridgehead atoms. The summed E-state index contributed by atoms with van der Waals surface area (Å²) >= 11 is 1.55. The molecule has 3 aromatic rings. The Balaban J connectivity index is 1.59. The van der Waals surface area contributed by atoms with Gasteiger partial charge in [0.15, 0.2) is 6.61 Å². The number of fused-ring (bicyclic) bond motifs is 1. The topological polar surface area (TPSA) is 90.0 Å². The van der Waals surface area contributed by atoms with Gasteiger partial charge >= 0.3 is 0 Å². The third-order valence-electron chi connectivity index (χ3n) is 4.80. The maximum atomic E-state index is 12.8. The first-order valence-electron chi connectivity index (χ1n) is 9.50. The van der Waals surface area contributed by atoms with Crippen molar-refractivity contribution in [3.05, 3.63) is 46.8 Å². The number of nitrogens with one attached hydrogen (secondary N) is 1. The standard InChI is InChI=1S/C22H21N3O5S/c1-13-23-17(12-31-13)14-4-6-20-18(8-14)25(22(27)11-30-20)10-21(26)24-16-9-15(28-2)5-7-19(16)29-3/h4-9,12H,10-11H2,1-3H3,(H,24,26). The molecule has 0 aliphatic carbocycles. The van der Waals surface area contributed by atoms with E-state index in [1.54, 1.807) is 35.6 Å². The second-order valence-corrected chi connectivity index (χ2v) is 7.88. The van der Waals surface area contributed by atoms with Crippen LogP contribution in [0.4, 0.5) is 11.4 Å². The fraction of sp³-hybridized carbons (Fsp3) is 0.227. The first kappa shape index (κ1) is 20.7. The highest BCUT2D eigenvalue weighted by Gasteiger charge is 2.28. The fourth-order valence-electron chi connectivity index (χ4n) is 3.28. The molecular formula is C22H21N3O5S. The van der Waals surface area contributed by atoms with Crippen LogP contribution in [-0.2, 0) is 9.59 Å². The monoisotopic (exact) mass is 439 g/mol. The van der Waals surface area contributed by atoms with Crippen LogP contribution in [0.15, 0.2) is 41.8 Å². The summed E-state index contributed by atoms with van der Waals surface area (Å²) in [7, 11) is 3.05. The number of anilines is 2. The number of methoxy groups -OCH3 is 2. The van der Waals surface area contributed by atoms with E-state index in [9.17, 15) is 9.59 Å². The van der Waals surface area contributed by atoms with Gasteiger partial charge in [0.25, 0.3) is 5.91 Å². The molecule has 0 saturated heterocycles. The third kappa shape index (κ3) is 4.31. The van der Waals surface area contributed by atoms with Crippen LogP contribution in [0.1, 0.15) is 5.01 Å². The van der Waals surface area contributed by atoms with Gasteiger partial charge in [-0.1, -0.05) is 0 Å². The highest BCUT2D eigenvalue weighted by atomic mass is 32.1. The van der Waals surface area contributed by atoms with Gasteiger partial charge in [-0.25, -0.2) is 4.98 Å². The normalized spacial score (nSPS) is 12.7. The molecule has 0 radical (unpaired) electrons. The van der Waals surface area contributed by atoms with E-state index in [0.717, 1.165) is 16.3 Å². The molecule has 2 amide bonds. The maximum absolute atomic E-state index is 12.8. The molecular weight excluding hydrogens is 418 g/mol. The number of hydrogen-bond acceptors (Lipinski definition) is 7.